The van der Waals surface area contributed by atoms with Crippen molar-refractivity contribution in [3.63, 3.8) is 0 Å². The number of allylic oxidation sites excluding steroid dienone is 1. The van der Waals surface area contributed by atoms with Crippen LogP contribution in [-0.2, 0) is 14.3 Å². The largest absolute Gasteiger partial charge is 0.463 e. The number of carbonyl (C=O) groups excluding carboxylic acids is 2. The Bertz CT molecular complexity index is 880. The monoisotopic (exact) mass is 389 g/mol. The highest BCUT2D eigenvalue weighted by Crippen LogP contribution is 2.45. The number of amides is 1. The molecule has 0 aromatic heterocycles. The molecule has 27 heavy (non-hydrogen) atoms. The first-order chi connectivity index (χ1) is 12.9. The van der Waals surface area contributed by atoms with Gasteiger partial charge in [0.2, 0.25) is 5.91 Å². The Balaban J connectivity index is 2.22. The van der Waals surface area contributed by atoms with Gasteiger partial charge in [-0.25, -0.2) is 9.79 Å². The Kier molecular flexibility index (Phi) is 5.31. The van der Waals surface area contributed by atoms with Crippen LogP contribution in [0.25, 0.3) is 0 Å². The topological polar surface area (TPSA) is 102 Å². The molecule has 2 aliphatic rings. The summed E-state index contributed by atoms with van der Waals surface area (Å²) in [5, 5.41) is 11.7. The summed E-state index contributed by atoms with van der Waals surface area (Å²) in [7, 11) is 0. The smallest absolute Gasteiger partial charge is 0.338 e. The molecule has 0 N–H and O–H groups in total. The number of nitro groups is 1. The van der Waals surface area contributed by atoms with Crippen molar-refractivity contribution < 1.29 is 19.2 Å². The highest BCUT2D eigenvalue weighted by Gasteiger charge is 2.48. The number of nitrogens with zero attached hydrogens (tertiary/aromatic N) is 3. The van der Waals surface area contributed by atoms with Gasteiger partial charge in [-0.1, -0.05) is 30.8 Å². The van der Waals surface area contributed by atoms with Crippen molar-refractivity contribution in [1.29, 1.82) is 0 Å². The van der Waals surface area contributed by atoms with E-state index in [2.05, 4.69) is 4.99 Å². The minimum absolute atomic E-state index is 0.149. The Morgan fingerprint density at radius 3 is 2.70 bits per heavy atom. The lowest BCUT2D eigenvalue weighted by Gasteiger charge is -2.32. The number of benzene rings is 1. The zero-order chi connectivity index (χ0) is 19.7. The summed E-state index contributed by atoms with van der Waals surface area (Å²) in [5.41, 5.74) is 0.666. The summed E-state index contributed by atoms with van der Waals surface area (Å²) < 4.78 is 5.16. The van der Waals surface area contributed by atoms with Crippen LogP contribution in [0, 0.1) is 10.1 Å². The van der Waals surface area contributed by atoms with E-state index in [1.807, 2.05) is 6.92 Å². The minimum atomic E-state index is -0.935. The Morgan fingerprint density at radius 1 is 1.37 bits per heavy atom. The normalized spacial score (nSPS) is 21.8. The first kappa shape index (κ1) is 19.1. The molecule has 2 aliphatic heterocycles. The Labute approximate surface area is 160 Å². The molecule has 1 saturated heterocycles. The van der Waals surface area contributed by atoms with Crippen LogP contribution in [-0.4, -0.2) is 38.7 Å². The molecule has 0 bridgehead atoms. The van der Waals surface area contributed by atoms with Crippen LogP contribution in [0.15, 0.2) is 40.5 Å². The summed E-state index contributed by atoms with van der Waals surface area (Å²) in [5.74, 6) is -0.836. The molecule has 0 unspecified atom stereocenters. The summed E-state index contributed by atoms with van der Waals surface area (Å²) >= 11 is 1.32. The van der Waals surface area contributed by atoms with Crippen LogP contribution >= 0.6 is 11.8 Å². The number of ether oxygens (including phenoxy) is 1. The molecule has 1 fully saturated rings. The van der Waals surface area contributed by atoms with Crippen molar-refractivity contribution in [2.75, 3.05) is 6.61 Å². The van der Waals surface area contributed by atoms with Gasteiger partial charge in [0.1, 0.15) is 6.04 Å². The molecule has 3 rings (SSSR count). The predicted molar refractivity (Wildman–Crippen MR) is 101 cm³/mol. The number of aliphatic imine (C=N–C) groups is 1. The maximum Gasteiger partial charge on any atom is 0.338 e. The van der Waals surface area contributed by atoms with Gasteiger partial charge in [-0.2, -0.15) is 0 Å². The molecule has 142 valence electrons. The lowest BCUT2D eigenvalue weighted by atomic mass is 9.93. The third kappa shape index (κ3) is 3.23. The third-order valence-corrected chi connectivity index (χ3v) is 5.76. The van der Waals surface area contributed by atoms with Gasteiger partial charge >= 0.3 is 5.97 Å². The minimum Gasteiger partial charge on any atom is -0.463 e. The maximum atomic E-state index is 12.9. The summed E-state index contributed by atoms with van der Waals surface area (Å²) in [6.07, 6.45) is 0.594. The summed E-state index contributed by atoms with van der Waals surface area (Å²) in [6.45, 7) is 5.37. The number of hydrogen-bond acceptors (Lipinski definition) is 7. The van der Waals surface area contributed by atoms with Crippen LogP contribution in [0.4, 0.5) is 5.69 Å². The molecule has 0 aliphatic carbocycles. The molecule has 0 saturated carbocycles. The van der Waals surface area contributed by atoms with E-state index in [0.29, 0.717) is 17.3 Å². The molecule has 0 radical (unpaired) electrons. The first-order valence-electron chi connectivity index (χ1n) is 8.60. The van der Waals surface area contributed by atoms with E-state index >= 15 is 0 Å². The number of para-hydroxylation sites is 1. The number of nitro benzene ring substituents is 1. The van der Waals surface area contributed by atoms with E-state index in [1.54, 1.807) is 32.0 Å². The van der Waals surface area contributed by atoms with E-state index in [-0.39, 0.29) is 34.6 Å². The van der Waals surface area contributed by atoms with Crippen molar-refractivity contribution >= 4 is 34.5 Å². The molecule has 0 spiro atoms. The molecule has 1 aromatic carbocycles. The second-order valence-corrected chi connectivity index (χ2v) is 7.23. The molecule has 2 heterocycles. The van der Waals surface area contributed by atoms with Crippen molar-refractivity contribution in [2.45, 2.75) is 38.5 Å². The van der Waals surface area contributed by atoms with Gasteiger partial charge < -0.3 is 4.74 Å². The van der Waals surface area contributed by atoms with Gasteiger partial charge in [-0.3, -0.25) is 19.8 Å². The van der Waals surface area contributed by atoms with Crippen molar-refractivity contribution in [3.8, 4) is 0 Å². The fraction of sp³-hybridized carbons (Fsp3) is 0.389. The predicted octanol–water partition coefficient (Wildman–Crippen LogP) is 3.20. The number of esters is 1. The Morgan fingerprint density at radius 2 is 2.07 bits per heavy atom. The van der Waals surface area contributed by atoms with Gasteiger partial charge in [-0.05, 0) is 26.3 Å². The average molecular weight is 389 g/mol. The lowest BCUT2D eigenvalue weighted by molar-refractivity contribution is -0.385. The summed E-state index contributed by atoms with van der Waals surface area (Å²) in [6, 6.07) is 5.20. The fourth-order valence-electron chi connectivity index (χ4n) is 3.24. The van der Waals surface area contributed by atoms with Gasteiger partial charge in [0.05, 0.1) is 33.6 Å². The SMILES string of the molecule is CCOC(=O)C1=C(C)N=C2S[C@H](CC)C(=O)N2[C@@H]1c1ccccc1[N+](=O)[O-]. The second-order valence-electron chi connectivity index (χ2n) is 6.06. The number of amidine groups is 1. The van der Waals surface area contributed by atoms with E-state index in [4.69, 9.17) is 4.74 Å². The van der Waals surface area contributed by atoms with E-state index in [0.717, 1.165) is 0 Å². The van der Waals surface area contributed by atoms with E-state index in [9.17, 15) is 19.7 Å². The molecular formula is C18H19N3O5S. The molecule has 8 nitrogen and oxygen atoms in total. The van der Waals surface area contributed by atoms with E-state index in [1.165, 1.54) is 22.7 Å². The van der Waals surface area contributed by atoms with Crippen molar-refractivity contribution in [2.24, 2.45) is 4.99 Å². The zero-order valence-corrected chi connectivity index (χ0v) is 16.0. The van der Waals surface area contributed by atoms with Crippen LogP contribution in [0.1, 0.15) is 38.8 Å². The van der Waals surface area contributed by atoms with Gasteiger partial charge in [-0.15, -0.1) is 0 Å². The van der Waals surface area contributed by atoms with Crippen LogP contribution < -0.4 is 0 Å². The standard InChI is InChI=1S/C18H19N3O5S/c1-4-13-16(22)20-15(11-8-6-7-9-12(11)21(24)25)14(17(23)26-5-2)10(3)19-18(20)27-13/h6-9,13,15H,4-5H2,1-3H3/t13-,15-/m1/s1. The van der Waals surface area contributed by atoms with Crippen LogP contribution in [0.2, 0.25) is 0 Å². The van der Waals surface area contributed by atoms with Crippen molar-refractivity contribution in [3.05, 3.63) is 51.2 Å². The number of rotatable bonds is 5. The second kappa shape index (κ2) is 7.51. The zero-order valence-electron chi connectivity index (χ0n) is 15.2. The third-order valence-electron chi connectivity index (χ3n) is 4.45. The van der Waals surface area contributed by atoms with Gasteiger partial charge in [0.15, 0.2) is 5.17 Å². The maximum absolute atomic E-state index is 12.9. The number of hydrogen-bond donors (Lipinski definition) is 0. The molecule has 1 aromatic rings. The van der Waals surface area contributed by atoms with Crippen LogP contribution in [0.5, 0.6) is 0 Å². The Hall–Kier alpha value is -2.68. The lowest BCUT2D eigenvalue weighted by Crippen LogP contribution is -2.41. The molecule has 9 heteroatoms. The molecule has 2 atom stereocenters. The molecular weight excluding hydrogens is 370 g/mol. The van der Waals surface area contributed by atoms with Gasteiger partial charge in [0.25, 0.3) is 5.69 Å². The quantitative estimate of drug-likeness (QED) is 0.435. The van der Waals surface area contributed by atoms with Gasteiger partial charge in [0, 0.05) is 6.07 Å². The number of carbonyl (C=O) groups is 2. The number of thioether (sulfide) groups is 1. The number of fused-ring (bicyclic) bond motifs is 1. The average Bonchev–Trinajstić information content (AvgIpc) is 2.96. The molecule has 1 amide bonds. The highest BCUT2D eigenvalue weighted by molar-refractivity contribution is 8.15. The van der Waals surface area contributed by atoms with Crippen molar-refractivity contribution in [1.82, 2.24) is 4.90 Å². The van der Waals surface area contributed by atoms with E-state index < -0.39 is 16.9 Å². The first-order valence-corrected chi connectivity index (χ1v) is 9.48. The summed E-state index contributed by atoms with van der Waals surface area (Å²) in [4.78, 5) is 42.5. The highest BCUT2D eigenvalue weighted by atomic mass is 32.2. The van der Waals surface area contributed by atoms with Crippen LogP contribution in [0.3, 0.4) is 0 Å². The fourth-order valence-corrected chi connectivity index (χ4v) is 4.37.